The molecule has 31 heteroatoms. The predicted octanol–water partition coefficient (Wildman–Crippen LogP) is -4.37. The van der Waals surface area contributed by atoms with Crippen LogP contribution >= 0.6 is 0 Å². The zero-order chi connectivity index (χ0) is 62.3. The Bertz CT molecular complexity index is 2650. The number of aliphatic imine (C=N–C) groups is 3. The average Bonchev–Trinajstić information content (AvgIpc) is 3.52. The van der Waals surface area contributed by atoms with E-state index in [1.165, 1.54) is 48.5 Å². The highest BCUT2D eigenvalue weighted by molar-refractivity contribution is 5.98. The third-order valence-electron chi connectivity index (χ3n) is 12.7. The molecule has 0 fully saturated rings. The summed E-state index contributed by atoms with van der Waals surface area (Å²) in [4.78, 5) is 149. The van der Waals surface area contributed by atoms with Gasteiger partial charge >= 0.3 is 6.03 Å². The van der Waals surface area contributed by atoms with Crippen molar-refractivity contribution in [1.82, 2.24) is 53.2 Å². The fourth-order valence-electron chi connectivity index (χ4n) is 8.32. The second-order valence-electron chi connectivity index (χ2n) is 20.2. The predicted molar refractivity (Wildman–Crippen MR) is 310 cm³/mol. The molecule has 0 saturated heterocycles. The van der Waals surface area contributed by atoms with Crippen molar-refractivity contribution in [2.24, 2.45) is 55.3 Å². The summed E-state index contributed by atoms with van der Waals surface area (Å²) in [5, 5.41) is 45.9. The van der Waals surface area contributed by atoms with Gasteiger partial charge in [-0.15, -0.1) is 0 Å². The van der Waals surface area contributed by atoms with Crippen LogP contribution in [0.1, 0.15) is 96.1 Å². The molecular weight excluding hydrogens is 1090 g/mol. The van der Waals surface area contributed by atoms with Crippen LogP contribution in [-0.4, -0.2) is 162 Å². The van der Waals surface area contributed by atoms with Gasteiger partial charge in [-0.3, -0.25) is 63.4 Å². The van der Waals surface area contributed by atoms with E-state index in [2.05, 4.69) is 68.1 Å². The van der Waals surface area contributed by atoms with Crippen molar-refractivity contribution >= 4 is 77.1 Å². The SMILES string of the molecule is CCC(=O)N[C@H]1CCC(=O)NCCNC(=O)NC(N)=NCCC[C@@H](C(=O)N[C@@H](CC(C)C)C(=O)N[C@@H](CCCN=C(N)N)C(=O)N[C@@H](Cc2ccc(O)cc2)C(N)=O)NC(=O)[C@H](Cc2ccc(O)cc2)NC(=O)[C@H](CCCN=C(N)N)NC1=O. The van der Waals surface area contributed by atoms with Crippen molar-refractivity contribution in [2.75, 3.05) is 32.7 Å². The maximum atomic E-state index is 14.8. The van der Waals surface area contributed by atoms with Gasteiger partial charge in [0, 0.05) is 58.4 Å². The van der Waals surface area contributed by atoms with E-state index in [1.54, 1.807) is 20.8 Å². The number of primary amides is 1. The maximum absolute atomic E-state index is 14.8. The Hall–Kier alpha value is -9.45. The molecule has 462 valence electrons. The second kappa shape index (κ2) is 36.1. The molecule has 3 rings (SSSR count). The van der Waals surface area contributed by atoms with Crippen molar-refractivity contribution in [3.8, 4) is 11.5 Å². The molecule has 0 saturated carbocycles. The number of hydrogen-bond donors (Lipinski definition) is 18. The number of phenols is 2. The summed E-state index contributed by atoms with van der Waals surface area (Å²) in [6.45, 7) is 4.91. The third kappa shape index (κ3) is 26.9. The molecule has 0 radical (unpaired) electrons. The first kappa shape index (κ1) is 68.8. The van der Waals surface area contributed by atoms with E-state index in [4.69, 9.17) is 34.4 Å². The fourth-order valence-corrected chi connectivity index (χ4v) is 8.32. The molecule has 0 unspecified atom stereocenters. The summed E-state index contributed by atoms with van der Waals surface area (Å²) in [6, 6.07) is 0.979. The Morgan fingerprint density at radius 1 is 0.702 bits per heavy atom. The zero-order valence-electron chi connectivity index (χ0n) is 47.5. The summed E-state index contributed by atoms with van der Waals surface area (Å²) >= 11 is 0. The van der Waals surface area contributed by atoms with Crippen LogP contribution in [0.4, 0.5) is 4.79 Å². The van der Waals surface area contributed by atoms with Crippen molar-refractivity contribution < 1.29 is 58.2 Å². The van der Waals surface area contributed by atoms with Gasteiger partial charge in [0.15, 0.2) is 17.9 Å². The number of phenolic OH excluding ortho intramolecular Hbond substituents is 2. The minimum Gasteiger partial charge on any atom is -0.508 e. The third-order valence-corrected chi connectivity index (χ3v) is 12.7. The van der Waals surface area contributed by atoms with Gasteiger partial charge in [0.2, 0.25) is 53.2 Å². The maximum Gasteiger partial charge on any atom is 0.321 e. The second-order valence-corrected chi connectivity index (χ2v) is 20.2. The van der Waals surface area contributed by atoms with Gasteiger partial charge in [-0.25, -0.2) is 4.79 Å². The normalized spacial score (nSPS) is 19.0. The highest BCUT2D eigenvalue weighted by Gasteiger charge is 2.35. The van der Waals surface area contributed by atoms with Crippen molar-refractivity contribution in [3.63, 3.8) is 0 Å². The number of hydrogen-bond acceptors (Lipinski definition) is 16. The first-order valence-corrected chi connectivity index (χ1v) is 27.5. The van der Waals surface area contributed by atoms with E-state index in [0.717, 1.165) is 0 Å². The number of urea groups is 1. The molecule has 24 N–H and O–H groups in total. The fraction of sp³-hybridized carbons (Fsp3) is 0.528. The van der Waals surface area contributed by atoms with Crippen molar-refractivity contribution in [1.29, 1.82) is 0 Å². The van der Waals surface area contributed by atoms with Crippen molar-refractivity contribution in [3.05, 3.63) is 59.7 Å². The summed E-state index contributed by atoms with van der Waals surface area (Å²) in [6.07, 6.45) is -0.968. The number of benzene rings is 2. The van der Waals surface area contributed by atoms with E-state index in [9.17, 15) is 58.2 Å². The summed E-state index contributed by atoms with van der Waals surface area (Å²) in [5.74, 6) is -8.41. The van der Waals surface area contributed by atoms with Crippen LogP contribution in [0.2, 0.25) is 0 Å². The minimum absolute atomic E-state index is 0.00722. The van der Waals surface area contributed by atoms with E-state index in [-0.39, 0.29) is 145 Å². The zero-order valence-corrected chi connectivity index (χ0v) is 47.5. The summed E-state index contributed by atoms with van der Waals surface area (Å²) in [5.41, 5.74) is 34.8. The van der Waals surface area contributed by atoms with E-state index >= 15 is 0 Å². The molecule has 0 spiro atoms. The largest absolute Gasteiger partial charge is 0.508 e. The summed E-state index contributed by atoms with van der Waals surface area (Å²) < 4.78 is 0. The molecule has 0 bridgehead atoms. The molecular formula is C53H83N19O12. The van der Waals surface area contributed by atoms with Gasteiger partial charge in [0.25, 0.3) is 0 Å². The van der Waals surface area contributed by atoms with Gasteiger partial charge in [0.1, 0.15) is 53.8 Å². The molecule has 1 heterocycles. The highest BCUT2D eigenvalue weighted by atomic mass is 16.3. The average molecular weight is 1180 g/mol. The Labute approximate surface area is 486 Å². The number of guanidine groups is 3. The first-order chi connectivity index (χ1) is 39.8. The number of carbonyl (C=O) groups is 10. The number of nitrogens with two attached hydrogens (primary N) is 6. The Balaban J connectivity index is 2.10. The lowest BCUT2D eigenvalue weighted by Gasteiger charge is -2.28. The molecule has 2 aromatic rings. The van der Waals surface area contributed by atoms with Crippen LogP contribution in [0.3, 0.4) is 0 Å². The molecule has 0 aromatic heterocycles. The Morgan fingerprint density at radius 2 is 1.27 bits per heavy atom. The van der Waals surface area contributed by atoms with Gasteiger partial charge in [-0.2, -0.15) is 0 Å². The molecule has 0 aliphatic carbocycles. The lowest BCUT2D eigenvalue weighted by molar-refractivity contribution is -0.136. The van der Waals surface area contributed by atoms with E-state index in [1.807, 2.05) is 0 Å². The number of nitrogens with zero attached hydrogens (tertiary/aromatic N) is 3. The molecule has 7 atom stereocenters. The minimum atomic E-state index is -1.53. The number of nitrogens with one attached hydrogen (secondary N) is 10. The molecule has 11 amide bonds. The molecule has 1 aliphatic heterocycles. The van der Waals surface area contributed by atoms with Crippen LogP contribution in [0.25, 0.3) is 0 Å². The molecule has 84 heavy (non-hydrogen) atoms. The van der Waals surface area contributed by atoms with Crippen LogP contribution in [0.5, 0.6) is 11.5 Å². The van der Waals surface area contributed by atoms with Gasteiger partial charge in [0.05, 0.1) is 0 Å². The standard InChI is InChI=1S/C53H83N19O12/c1-4-41(75)65-37-19-20-42(76)60-24-25-64-53(84)72-52(59)63-23-7-10-36(68-49(83)40(28-31-13-17-33(74)18-14-31)71-46(80)35(66-47(37)81)9-6-22-62-51(57)58)45(79)70-39(26-29(2)3)48(82)67-34(8-5-21-61-50(55)56)44(78)69-38(43(54)77)27-30-11-15-32(73)16-12-30/h11-18,29,34-40,73-74H,4-10,19-28H2,1-3H3,(H2,54,77)(H,60,76)(H,65,75)(H,66,81)(H,67,82)(H,68,83)(H,69,78)(H,70,79)(H,71,80)(H4,55,56,61)(H4,57,58,62)(H4,59,63,64,72,84)/t34-,35-,36-,37-,38-,39-,40-/m0/s1. The van der Waals surface area contributed by atoms with Gasteiger partial charge in [-0.1, -0.05) is 45.0 Å². The Morgan fingerprint density at radius 3 is 1.88 bits per heavy atom. The number of carbonyl (C=O) groups excluding carboxylic acids is 10. The Kier molecular flexibility index (Phi) is 29.6. The monoisotopic (exact) mass is 1180 g/mol. The quantitative estimate of drug-likeness (QED) is 0.0284. The topological polar surface area (TPSA) is 525 Å². The van der Waals surface area contributed by atoms with Crippen molar-refractivity contribution in [2.45, 2.75) is 140 Å². The van der Waals surface area contributed by atoms with Crippen LogP contribution in [0.15, 0.2) is 63.5 Å². The van der Waals surface area contributed by atoms with Crippen LogP contribution < -0.4 is 87.6 Å². The molecule has 31 nitrogen and oxygen atoms in total. The number of aromatic hydroxyl groups is 2. The first-order valence-electron chi connectivity index (χ1n) is 27.5. The lowest BCUT2D eigenvalue weighted by atomic mass is 10.00. The number of rotatable bonds is 23. The smallest absolute Gasteiger partial charge is 0.321 e. The van der Waals surface area contributed by atoms with Gasteiger partial charge < -0.3 is 92.5 Å². The van der Waals surface area contributed by atoms with Crippen LogP contribution in [-0.2, 0) is 56.0 Å². The summed E-state index contributed by atoms with van der Waals surface area (Å²) in [7, 11) is 0. The number of amides is 11. The molecule has 1 aliphatic rings. The lowest BCUT2D eigenvalue weighted by Crippen LogP contribution is -2.60. The van der Waals surface area contributed by atoms with E-state index in [0.29, 0.717) is 11.1 Å². The molecule has 2 aromatic carbocycles. The van der Waals surface area contributed by atoms with Crippen LogP contribution in [0, 0.1) is 5.92 Å². The van der Waals surface area contributed by atoms with E-state index < -0.39 is 101 Å². The van der Waals surface area contributed by atoms with Gasteiger partial charge in [-0.05, 0) is 92.7 Å². The highest BCUT2D eigenvalue weighted by Crippen LogP contribution is 2.16.